The molecule has 20 heavy (non-hydrogen) atoms. The maximum absolute atomic E-state index is 13.5. The zero-order chi connectivity index (χ0) is 14.7. The summed E-state index contributed by atoms with van der Waals surface area (Å²) in [5.41, 5.74) is 0.431. The lowest BCUT2D eigenvalue weighted by molar-refractivity contribution is 0.0595. The van der Waals surface area contributed by atoms with Crippen LogP contribution >= 0.6 is 15.9 Å². The fourth-order valence-corrected chi connectivity index (χ4v) is 1.97. The maximum atomic E-state index is 13.5. The summed E-state index contributed by atoms with van der Waals surface area (Å²) in [6, 6.07) is 10.4. The Morgan fingerprint density at radius 3 is 2.25 bits per heavy atom. The number of carbonyl (C=O) groups excluding carboxylic acids is 2. The Kier molecular flexibility index (Phi) is 4.29. The van der Waals surface area contributed by atoms with Crippen LogP contribution in [0.2, 0.25) is 0 Å². The highest BCUT2D eigenvalue weighted by atomic mass is 79.9. The molecule has 102 valence electrons. The average Bonchev–Trinajstić information content (AvgIpc) is 2.47. The molecule has 0 atom stereocenters. The second-order valence-corrected chi connectivity index (χ2v) is 4.94. The molecule has 0 aromatic heterocycles. The van der Waals surface area contributed by atoms with E-state index in [4.69, 9.17) is 0 Å². The summed E-state index contributed by atoms with van der Waals surface area (Å²) < 4.78 is 18.8. The number of ketones is 1. The van der Waals surface area contributed by atoms with E-state index in [-0.39, 0.29) is 16.9 Å². The number of hydrogen-bond acceptors (Lipinski definition) is 3. The van der Waals surface area contributed by atoms with Gasteiger partial charge in [0.1, 0.15) is 5.82 Å². The van der Waals surface area contributed by atoms with Gasteiger partial charge in [-0.3, -0.25) is 4.79 Å². The second kappa shape index (κ2) is 5.96. The number of carbonyl (C=O) groups is 2. The van der Waals surface area contributed by atoms with Crippen LogP contribution in [0.25, 0.3) is 0 Å². The minimum atomic E-state index is -0.812. The lowest BCUT2D eigenvalue weighted by Gasteiger charge is -2.05. The first-order chi connectivity index (χ1) is 9.52. The van der Waals surface area contributed by atoms with Crippen molar-refractivity contribution in [3.63, 3.8) is 0 Å². The summed E-state index contributed by atoms with van der Waals surface area (Å²) in [5.74, 6) is -1.82. The van der Waals surface area contributed by atoms with Gasteiger partial charge in [-0.2, -0.15) is 0 Å². The van der Waals surface area contributed by atoms with E-state index in [0.29, 0.717) is 5.56 Å². The van der Waals surface area contributed by atoms with Gasteiger partial charge in [-0.15, -0.1) is 0 Å². The third-order valence-electron chi connectivity index (χ3n) is 2.74. The van der Waals surface area contributed by atoms with Crippen LogP contribution in [0.1, 0.15) is 26.3 Å². The first-order valence-electron chi connectivity index (χ1n) is 5.71. The first kappa shape index (κ1) is 14.4. The van der Waals surface area contributed by atoms with Gasteiger partial charge in [0.15, 0.2) is 5.78 Å². The maximum Gasteiger partial charge on any atom is 0.340 e. The van der Waals surface area contributed by atoms with Crippen LogP contribution in [-0.2, 0) is 4.74 Å². The topological polar surface area (TPSA) is 43.4 Å². The Morgan fingerprint density at radius 1 is 1.05 bits per heavy atom. The number of halogens is 2. The third kappa shape index (κ3) is 2.93. The number of benzene rings is 2. The highest BCUT2D eigenvalue weighted by Crippen LogP contribution is 2.17. The lowest BCUT2D eigenvalue weighted by Crippen LogP contribution is -2.08. The van der Waals surface area contributed by atoms with Crippen LogP contribution in [0.15, 0.2) is 46.9 Å². The molecule has 0 unspecified atom stereocenters. The van der Waals surface area contributed by atoms with E-state index in [9.17, 15) is 14.0 Å². The zero-order valence-electron chi connectivity index (χ0n) is 10.5. The van der Waals surface area contributed by atoms with E-state index in [2.05, 4.69) is 20.7 Å². The summed E-state index contributed by atoms with van der Waals surface area (Å²) in [7, 11) is 1.16. The van der Waals surface area contributed by atoms with Gasteiger partial charge in [0, 0.05) is 15.6 Å². The third-order valence-corrected chi connectivity index (χ3v) is 3.27. The molecule has 0 heterocycles. The van der Waals surface area contributed by atoms with Gasteiger partial charge in [-0.05, 0) is 42.5 Å². The Morgan fingerprint density at radius 2 is 1.65 bits per heavy atom. The van der Waals surface area contributed by atoms with Crippen molar-refractivity contribution < 1.29 is 18.7 Å². The van der Waals surface area contributed by atoms with Gasteiger partial charge in [-0.1, -0.05) is 15.9 Å². The van der Waals surface area contributed by atoms with Gasteiger partial charge in [0.05, 0.1) is 12.7 Å². The molecule has 0 saturated carbocycles. The molecule has 0 aliphatic heterocycles. The molecule has 0 radical (unpaired) electrons. The predicted octanol–water partition coefficient (Wildman–Crippen LogP) is 3.61. The van der Waals surface area contributed by atoms with Gasteiger partial charge in [0.2, 0.25) is 0 Å². The van der Waals surface area contributed by atoms with Crippen molar-refractivity contribution in [2.24, 2.45) is 0 Å². The Bertz CT molecular complexity index is 665. The molecule has 5 heteroatoms. The molecule has 2 aromatic carbocycles. The minimum Gasteiger partial charge on any atom is -0.465 e. The SMILES string of the molecule is COC(=O)c1cc(C(=O)c2ccc(Br)cc2)ccc1F. The van der Waals surface area contributed by atoms with Crippen LogP contribution in [0.4, 0.5) is 4.39 Å². The summed E-state index contributed by atoms with van der Waals surface area (Å²) in [4.78, 5) is 23.7. The van der Waals surface area contributed by atoms with Crippen molar-refractivity contribution >= 4 is 27.7 Å². The number of esters is 1. The number of rotatable bonds is 3. The molecule has 0 fully saturated rings. The highest BCUT2D eigenvalue weighted by molar-refractivity contribution is 9.10. The van der Waals surface area contributed by atoms with Crippen LogP contribution in [0.5, 0.6) is 0 Å². The van der Waals surface area contributed by atoms with Crippen LogP contribution in [0.3, 0.4) is 0 Å². The fraction of sp³-hybridized carbons (Fsp3) is 0.0667. The van der Waals surface area contributed by atoms with Crippen LogP contribution in [0, 0.1) is 5.82 Å². The lowest BCUT2D eigenvalue weighted by atomic mass is 10.0. The molecule has 0 aliphatic rings. The molecule has 0 spiro atoms. The molecule has 0 bridgehead atoms. The number of methoxy groups -OCH3 is 1. The standard InChI is InChI=1S/C15H10BrFO3/c1-20-15(19)12-8-10(4-7-13(12)17)14(18)9-2-5-11(16)6-3-9/h2-8H,1H3. The Hall–Kier alpha value is -2.01. The quantitative estimate of drug-likeness (QED) is 0.635. The molecule has 0 amide bonds. The molecule has 0 aliphatic carbocycles. The van der Waals surface area contributed by atoms with E-state index >= 15 is 0 Å². The van der Waals surface area contributed by atoms with Crippen molar-refractivity contribution in [1.82, 2.24) is 0 Å². The van der Waals surface area contributed by atoms with Gasteiger partial charge in [0.25, 0.3) is 0 Å². The predicted molar refractivity (Wildman–Crippen MR) is 75.3 cm³/mol. The van der Waals surface area contributed by atoms with Crippen molar-refractivity contribution in [3.8, 4) is 0 Å². The molecule has 0 N–H and O–H groups in total. The van der Waals surface area contributed by atoms with Gasteiger partial charge in [-0.25, -0.2) is 9.18 Å². The monoisotopic (exact) mass is 336 g/mol. The normalized spacial score (nSPS) is 10.2. The van der Waals surface area contributed by atoms with Crippen LogP contribution in [-0.4, -0.2) is 18.9 Å². The minimum absolute atomic E-state index is 0.231. The van der Waals surface area contributed by atoms with Crippen molar-refractivity contribution in [3.05, 3.63) is 69.4 Å². The molecular weight excluding hydrogens is 327 g/mol. The van der Waals surface area contributed by atoms with E-state index in [0.717, 1.165) is 17.6 Å². The van der Waals surface area contributed by atoms with E-state index in [1.807, 2.05) is 0 Å². The fourth-order valence-electron chi connectivity index (χ4n) is 1.70. The summed E-state index contributed by atoms with van der Waals surface area (Å²) >= 11 is 3.28. The second-order valence-electron chi connectivity index (χ2n) is 4.02. The molecule has 2 aromatic rings. The molecule has 2 rings (SSSR count). The van der Waals surface area contributed by atoms with Crippen LogP contribution < -0.4 is 0 Å². The molecule has 0 saturated heterocycles. The number of hydrogen-bond donors (Lipinski definition) is 0. The van der Waals surface area contributed by atoms with E-state index in [1.165, 1.54) is 12.1 Å². The average molecular weight is 337 g/mol. The summed E-state index contributed by atoms with van der Waals surface area (Å²) in [5, 5.41) is 0. The van der Waals surface area contributed by atoms with Crippen molar-refractivity contribution in [2.75, 3.05) is 7.11 Å². The highest BCUT2D eigenvalue weighted by Gasteiger charge is 2.16. The van der Waals surface area contributed by atoms with Gasteiger partial charge < -0.3 is 4.74 Å². The largest absolute Gasteiger partial charge is 0.465 e. The Balaban J connectivity index is 2.40. The summed E-state index contributed by atoms with van der Waals surface area (Å²) in [6.45, 7) is 0. The van der Waals surface area contributed by atoms with Gasteiger partial charge >= 0.3 is 5.97 Å². The van der Waals surface area contributed by atoms with E-state index < -0.39 is 11.8 Å². The Labute approximate surface area is 123 Å². The number of ether oxygens (including phenoxy) is 1. The van der Waals surface area contributed by atoms with Crippen molar-refractivity contribution in [2.45, 2.75) is 0 Å². The van der Waals surface area contributed by atoms with E-state index in [1.54, 1.807) is 24.3 Å². The first-order valence-corrected chi connectivity index (χ1v) is 6.50. The molecule has 3 nitrogen and oxygen atoms in total. The van der Waals surface area contributed by atoms with Crippen molar-refractivity contribution in [1.29, 1.82) is 0 Å². The zero-order valence-corrected chi connectivity index (χ0v) is 12.1. The smallest absolute Gasteiger partial charge is 0.340 e. The molecular formula is C15H10BrFO3. The summed E-state index contributed by atoms with van der Waals surface area (Å²) in [6.07, 6.45) is 0.